The average Bonchev–Trinajstić information content (AvgIpc) is 2.70. The van der Waals surface area contributed by atoms with Crippen LogP contribution in [0.25, 0.3) is 0 Å². The molecule has 0 radical (unpaired) electrons. The molecule has 0 fully saturated rings. The van der Waals surface area contributed by atoms with Crippen molar-refractivity contribution in [3.8, 4) is 0 Å². The first-order valence-electron chi connectivity index (χ1n) is 5.19. The lowest BCUT2D eigenvalue weighted by molar-refractivity contribution is 0.598. The van der Waals surface area contributed by atoms with Gasteiger partial charge in [0.05, 0.1) is 11.9 Å². The lowest BCUT2D eigenvalue weighted by Gasteiger charge is -2.08. The number of aryl methyl sites for hydroxylation is 2. The van der Waals surface area contributed by atoms with E-state index in [2.05, 4.69) is 30.6 Å². The van der Waals surface area contributed by atoms with Crippen LogP contribution in [0, 0.1) is 13.8 Å². The summed E-state index contributed by atoms with van der Waals surface area (Å²) in [6.45, 7) is 3.63. The van der Waals surface area contributed by atoms with E-state index in [0.29, 0.717) is 16.0 Å². The van der Waals surface area contributed by atoms with Gasteiger partial charge in [-0.25, -0.2) is 4.98 Å². The molecule has 0 aliphatic heterocycles. The van der Waals surface area contributed by atoms with Crippen LogP contribution < -0.4 is 4.72 Å². The molecule has 96 valence electrons. The number of sulfonamides is 1. The van der Waals surface area contributed by atoms with Crippen LogP contribution in [0.2, 0.25) is 0 Å². The maximum Gasteiger partial charge on any atom is 0.279 e. The Bertz CT molecular complexity index is 679. The predicted molar refractivity (Wildman–Crippen MR) is 73.0 cm³/mol. The molecule has 0 saturated heterocycles. The van der Waals surface area contributed by atoms with Crippen molar-refractivity contribution in [3.63, 3.8) is 0 Å². The lowest BCUT2D eigenvalue weighted by Crippen LogP contribution is -2.13. The van der Waals surface area contributed by atoms with E-state index in [0.717, 1.165) is 5.56 Å². The Labute approximate surface area is 114 Å². The Balaban J connectivity index is 2.33. The minimum atomic E-state index is -3.63. The number of hydrogen-bond donors (Lipinski definition) is 2. The summed E-state index contributed by atoms with van der Waals surface area (Å²) >= 11 is 3.32. The molecule has 0 saturated carbocycles. The van der Waals surface area contributed by atoms with Crippen molar-refractivity contribution in [1.29, 1.82) is 0 Å². The zero-order valence-electron chi connectivity index (χ0n) is 9.86. The topological polar surface area (TPSA) is 74.8 Å². The average molecular weight is 330 g/mol. The largest absolute Gasteiger partial charge is 0.332 e. The summed E-state index contributed by atoms with van der Waals surface area (Å²) in [5.74, 6) is 0.554. The molecule has 1 aromatic carbocycles. The summed E-state index contributed by atoms with van der Waals surface area (Å²) in [6, 6.07) is 5.39. The van der Waals surface area contributed by atoms with E-state index in [1.54, 1.807) is 13.0 Å². The second-order valence-electron chi connectivity index (χ2n) is 3.92. The van der Waals surface area contributed by atoms with Crippen molar-refractivity contribution in [2.24, 2.45) is 0 Å². The van der Waals surface area contributed by atoms with Crippen LogP contribution in [-0.2, 0) is 10.0 Å². The van der Waals surface area contributed by atoms with Crippen LogP contribution in [0.15, 0.2) is 33.9 Å². The number of hydrogen-bond acceptors (Lipinski definition) is 3. The third-order valence-electron chi connectivity index (χ3n) is 2.34. The number of rotatable bonds is 3. The number of anilines is 1. The number of nitrogens with one attached hydrogen (secondary N) is 2. The van der Waals surface area contributed by atoms with Crippen molar-refractivity contribution < 1.29 is 8.42 Å². The highest BCUT2D eigenvalue weighted by Gasteiger charge is 2.17. The lowest BCUT2D eigenvalue weighted by atomic mass is 10.2. The molecule has 5 nitrogen and oxygen atoms in total. The van der Waals surface area contributed by atoms with Crippen LogP contribution >= 0.6 is 15.9 Å². The summed E-state index contributed by atoms with van der Waals surface area (Å²) in [5, 5.41) is 0.0486. The zero-order valence-corrected chi connectivity index (χ0v) is 12.3. The van der Waals surface area contributed by atoms with Gasteiger partial charge in [-0.3, -0.25) is 4.72 Å². The third-order valence-corrected chi connectivity index (χ3v) is 4.27. The van der Waals surface area contributed by atoms with E-state index in [9.17, 15) is 8.42 Å². The first kappa shape index (κ1) is 13.1. The second kappa shape index (κ2) is 4.74. The van der Waals surface area contributed by atoms with Gasteiger partial charge in [0.2, 0.25) is 0 Å². The molecular weight excluding hydrogens is 318 g/mol. The Morgan fingerprint density at radius 2 is 2.06 bits per heavy atom. The van der Waals surface area contributed by atoms with Crippen LogP contribution in [0.4, 0.5) is 5.69 Å². The second-order valence-corrected chi connectivity index (χ2v) is 6.43. The fourth-order valence-electron chi connectivity index (χ4n) is 1.44. The van der Waals surface area contributed by atoms with Crippen LogP contribution in [0.3, 0.4) is 0 Å². The normalized spacial score (nSPS) is 11.5. The van der Waals surface area contributed by atoms with E-state index >= 15 is 0 Å². The Morgan fingerprint density at radius 3 is 2.61 bits per heavy atom. The molecule has 0 unspecified atom stereocenters. The first-order chi connectivity index (χ1) is 8.38. The molecule has 0 spiro atoms. The number of H-pyrrole nitrogens is 1. The van der Waals surface area contributed by atoms with Crippen molar-refractivity contribution in [1.82, 2.24) is 9.97 Å². The number of halogens is 1. The van der Waals surface area contributed by atoms with Gasteiger partial charge in [-0.1, -0.05) is 6.07 Å². The van der Waals surface area contributed by atoms with Crippen molar-refractivity contribution in [2.45, 2.75) is 18.9 Å². The standard InChI is InChI=1S/C11H12BrN3O2S/c1-7-3-4-10(9(12)5-7)15-18(16,17)11-6-13-8(2)14-11/h3-6,15H,1-2H3,(H,13,14). The minimum absolute atomic E-state index is 0.0486. The minimum Gasteiger partial charge on any atom is -0.332 e. The number of aromatic amines is 1. The van der Waals surface area contributed by atoms with Gasteiger partial charge in [0.25, 0.3) is 10.0 Å². The van der Waals surface area contributed by atoms with E-state index in [1.165, 1.54) is 6.20 Å². The van der Waals surface area contributed by atoms with E-state index in [-0.39, 0.29) is 5.03 Å². The zero-order chi connectivity index (χ0) is 13.3. The summed E-state index contributed by atoms with van der Waals surface area (Å²) < 4.78 is 27.3. The Kier molecular flexibility index (Phi) is 3.45. The van der Waals surface area contributed by atoms with Gasteiger partial charge >= 0.3 is 0 Å². The summed E-state index contributed by atoms with van der Waals surface area (Å²) in [7, 11) is -3.63. The first-order valence-corrected chi connectivity index (χ1v) is 7.47. The molecule has 0 amide bonds. The van der Waals surface area contributed by atoms with Crippen LogP contribution in [-0.4, -0.2) is 18.4 Å². The molecule has 0 aliphatic carbocycles. The van der Waals surface area contributed by atoms with E-state index in [4.69, 9.17) is 0 Å². The molecule has 18 heavy (non-hydrogen) atoms. The van der Waals surface area contributed by atoms with Crippen molar-refractivity contribution in [2.75, 3.05) is 4.72 Å². The molecule has 2 N–H and O–H groups in total. The van der Waals surface area contributed by atoms with Gasteiger partial charge in [0.15, 0.2) is 5.03 Å². The quantitative estimate of drug-likeness (QED) is 0.908. The number of nitrogens with zero attached hydrogens (tertiary/aromatic N) is 1. The Morgan fingerprint density at radius 1 is 1.33 bits per heavy atom. The molecule has 2 aromatic rings. The SMILES string of the molecule is Cc1ccc(NS(=O)(=O)c2cnc(C)[nH]2)c(Br)c1. The molecule has 7 heteroatoms. The smallest absolute Gasteiger partial charge is 0.279 e. The molecule has 1 heterocycles. The highest BCUT2D eigenvalue weighted by Crippen LogP contribution is 2.25. The Hall–Kier alpha value is -1.34. The van der Waals surface area contributed by atoms with Gasteiger partial charge in [-0.05, 0) is 47.5 Å². The molecule has 0 aliphatic rings. The van der Waals surface area contributed by atoms with Crippen LogP contribution in [0.1, 0.15) is 11.4 Å². The molecule has 2 rings (SSSR count). The highest BCUT2D eigenvalue weighted by atomic mass is 79.9. The summed E-state index contributed by atoms with van der Waals surface area (Å²) in [5.41, 5.74) is 1.54. The van der Waals surface area contributed by atoms with Gasteiger partial charge in [-0.15, -0.1) is 0 Å². The molecule has 1 aromatic heterocycles. The van der Waals surface area contributed by atoms with Crippen LogP contribution in [0.5, 0.6) is 0 Å². The predicted octanol–water partition coefficient (Wildman–Crippen LogP) is 2.59. The monoisotopic (exact) mass is 329 g/mol. The van der Waals surface area contributed by atoms with Gasteiger partial charge in [-0.2, -0.15) is 8.42 Å². The molecular formula is C11H12BrN3O2S. The van der Waals surface area contributed by atoms with Crippen molar-refractivity contribution in [3.05, 3.63) is 40.3 Å². The number of benzene rings is 1. The van der Waals surface area contributed by atoms with E-state index < -0.39 is 10.0 Å². The number of aromatic nitrogens is 2. The van der Waals surface area contributed by atoms with Gasteiger partial charge < -0.3 is 4.98 Å². The van der Waals surface area contributed by atoms with Gasteiger partial charge in [0.1, 0.15) is 5.82 Å². The van der Waals surface area contributed by atoms with Gasteiger partial charge in [0, 0.05) is 4.47 Å². The van der Waals surface area contributed by atoms with E-state index in [1.807, 2.05) is 19.1 Å². The molecule has 0 atom stereocenters. The molecule has 0 bridgehead atoms. The highest BCUT2D eigenvalue weighted by molar-refractivity contribution is 9.10. The maximum atomic E-state index is 12.0. The third kappa shape index (κ3) is 2.73. The maximum absolute atomic E-state index is 12.0. The summed E-state index contributed by atoms with van der Waals surface area (Å²) in [6.07, 6.45) is 1.29. The summed E-state index contributed by atoms with van der Waals surface area (Å²) in [4.78, 5) is 6.57. The fraction of sp³-hybridized carbons (Fsp3) is 0.182. The fourth-order valence-corrected chi connectivity index (χ4v) is 3.21. The number of imidazole rings is 1. The van der Waals surface area contributed by atoms with Crippen molar-refractivity contribution >= 4 is 31.6 Å².